The summed E-state index contributed by atoms with van der Waals surface area (Å²) in [5, 5.41) is 0. The first-order valence-corrected chi connectivity index (χ1v) is 5.48. The summed E-state index contributed by atoms with van der Waals surface area (Å²) in [6, 6.07) is 5.18. The Labute approximate surface area is 108 Å². The number of ether oxygens (including phenoxy) is 2. The van der Waals surface area contributed by atoms with Crippen molar-refractivity contribution in [3.05, 3.63) is 46.4 Å². The van der Waals surface area contributed by atoms with E-state index in [9.17, 15) is 9.59 Å². The first-order valence-electron chi connectivity index (χ1n) is 5.48. The SMILES string of the molecule is COC(=O)C=Cc1c(OC)nc2ccccn2c1=O. The van der Waals surface area contributed by atoms with Gasteiger partial charge in [-0.05, 0) is 18.2 Å². The van der Waals surface area contributed by atoms with Gasteiger partial charge in [0.1, 0.15) is 11.2 Å². The molecule has 0 aliphatic carbocycles. The first-order chi connectivity index (χ1) is 9.17. The van der Waals surface area contributed by atoms with Gasteiger partial charge in [-0.3, -0.25) is 9.20 Å². The van der Waals surface area contributed by atoms with Crippen molar-refractivity contribution in [2.75, 3.05) is 14.2 Å². The summed E-state index contributed by atoms with van der Waals surface area (Å²) in [6.45, 7) is 0. The molecule has 0 amide bonds. The van der Waals surface area contributed by atoms with Gasteiger partial charge in [-0.1, -0.05) is 6.07 Å². The number of aromatic nitrogens is 2. The summed E-state index contributed by atoms with van der Waals surface area (Å²) >= 11 is 0. The van der Waals surface area contributed by atoms with E-state index in [4.69, 9.17) is 4.74 Å². The maximum Gasteiger partial charge on any atom is 0.330 e. The first kappa shape index (κ1) is 12.8. The molecular formula is C13H12N2O4. The summed E-state index contributed by atoms with van der Waals surface area (Å²) < 4.78 is 10.9. The molecule has 2 rings (SSSR count). The number of carbonyl (C=O) groups is 1. The van der Waals surface area contributed by atoms with Crippen LogP contribution in [0, 0.1) is 0 Å². The largest absolute Gasteiger partial charge is 0.480 e. The van der Waals surface area contributed by atoms with Crippen LogP contribution in [0.25, 0.3) is 11.7 Å². The molecule has 0 N–H and O–H groups in total. The highest BCUT2D eigenvalue weighted by atomic mass is 16.5. The third-order valence-electron chi connectivity index (χ3n) is 2.51. The number of rotatable bonds is 3. The van der Waals surface area contributed by atoms with Crippen molar-refractivity contribution in [3.63, 3.8) is 0 Å². The molecule has 0 atom stereocenters. The van der Waals surface area contributed by atoms with Crippen molar-refractivity contribution in [2.45, 2.75) is 0 Å². The molecule has 0 saturated carbocycles. The third-order valence-corrected chi connectivity index (χ3v) is 2.51. The quantitative estimate of drug-likeness (QED) is 0.605. The molecule has 0 saturated heterocycles. The van der Waals surface area contributed by atoms with Gasteiger partial charge in [0.05, 0.1) is 14.2 Å². The average molecular weight is 260 g/mol. The molecule has 0 aliphatic heterocycles. The molecule has 0 fully saturated rings. The fourth-order valence-corrected chi connectivity index (χ4v) is 1.60. The van der Waals surface area contributed by atoms with E-state index < -0.39 is 5.97 Å². The lowest BCUT2D eigenvalue weighted by molar-refractivity contribution is -0.134. The summed E-state index contributed by atoms with van der Waals surface area (Å²) in [5.41, 5.74) is 0.346. The predicted molar refractivity (Wildman–Crippen MR) is 69.1 cm³/mol. The lowest BCUT2D eigenvalue weighted by Gasteiger charge is -2.06. The van der Waals surface area contributed by atoms with Crippen molar-refractivity contribution in [1.82, 2.24) is 9.38 Å². The van der Waals surface area contributed by atoms with E-state index in [-0.39, 0.29) is 17.0 Å². The van der Waals surface area contributed by atoms with E-state index >= 15 is 0 Å². The molecule has 2 heterocycles. The summed E-state index contributed by atoms with van der Waals surface area (Å²) in [7, 11) is 2.67. The van der Waals surface area contributed by atoms with E-state index in [0.29, 0.717) is 5.65 Å². The van der Waals surface area contributed by atoms with Gasteiger partial charge in [0.25, 0.3) is 5.56 Å². The number of methoxy groups -OCH3 is 2. The number of carbonyl (C=O) groups excluding carboxylic acids is 1. The summed E-state index contributed by atoms with van der Waals surface area (Å²) in [6.07, 6.45) is 4.08. The predicted octanol–water partition coefficient (Wildman–Crippen LogP) is 0.889. The molecule has 0 spiro atoms. The Balaban J connectivity index is 2.65. The van der Waals surface area contributed by atoms with Crippen LogP contribution in [-0.4, -0.2) is 29.6 Å². The van der Waals surface area contributed by atoms with E-state index in [2.05, 4.69) is 9.72 Å². The van der Waals surface area contributed by atoms with Crippen molar-refractivity contribution in [1.29, 1.82) is 0 Å². The molecule has 0 aromatic carbocycles. The average Bonchev–Trinajstić information content (AvgIpc) is 2.45. The van der Waals surface area contributed by atoms with E-state index in [1.165, 1.54) is 24.7 Å². The molecular weight excluding hydrogens is 248 g/mol. The Bertz CT molecular complexity index is 703. The molecule has 0 radical (unpaired) electrons. The number of nitrogens with zero attached hydrogens (tertiary/aromatic N) is 2. The number of hydrogen-bond acceptors (Lipinski definition) is 5. The van der Waals surface area contributed by atoms with Gasteiger partial charge >= 0.3 is 5.97 Å². The minimum atomic E-state index is -0.556. The second-order valence-corrected chi connectivity index (χ2v) is 3.63. The maximum atomic E-state index is 12.2. The lowest BCUT2D eigenvalue weighted by Crippen LogP contribution is -2.18. The van der Waals surface area contributed by atoms with Crippen LogP contribution < -0.4 is 10.3 Å². The molecule has 0 unspecified atom stereocenters. The van der Waals surface area contributed by atoms with Crippen LogP contribution in [0.2, 0.25) is 0 Å². The molecule has 98 valence electrons. The fourth-order valence-electron chi connectivity index (χ4n) is 1.60. The van der Waals surface area contributed by atoms with Gasteiger partial charge < -0.3 is 9.47 Å². The van der Waals surface area contributed by atoms with Gasteiger partial charge in [-0.25, -0.2) is 4.79 Å². The molecule has 6 heteroatoms. The normalized spacial score (nSPS) is 10.8. The Morgan fingerprint density at radius 1 is 1.37 bits per heavy atom. The molecule has 0 aliphatic rings. The van der Waals surface area contributed by atoms with Crippen LogP contribution in [0.3, 0.4) is 0 Å². The number of fused-ring (bicyclic) bond motifs is 1. The van der Waals surface area contributed by atoms with Crippen LogP contribution in [0.4, 0.5) is 0 Å². The monoisotopic (exact) mass is 260 g/mol. The van der Waals surface area contributed by atoms with Gasteiger partial charge in [0.2, 0.25) is 5.88 Å². The zero-order chi connectivity index (χ0) is 13.8. The number of esters is 1. The van der Waals surface area contributed by atoms with E-state index in [0.717, 1.165) is 6.08 Å². The topological polar surface area (TPSA) is 69.9 Å². The van der Waals surface area contributed by atoms with Crippen LogP contribution in [0.15, 0.2) is 35.3 Å². The molecule has 6 nitrogen and oxygen atoms in total. The van der Waals surface area contributed by atoms with E-state index in [1.54, 1.807) is 24.4 Å². The Kier molecular flexibility index (Phi) is 3.61. The number of pyridine rings is 1. The Hall–Kier alpha value is -2.63. The van der Waals surface area contributed by atoms with Crippen LogP contribution in [-0.2, 0) is 9.53 Å². The van der Waals surface area contributed by atoms with Crippen LogP contribution >= 0.6 is 0 Å². The second kappa shape index (κ2) is 5.34. The van der Waals surface area contributed by atoms with Gasteiger partial charge in [0, 0.05) is 12.3 Å². The van der Waals surface area contributed by atoms with Crippen molar-refractivity contribution in [2.24, 2.45) is 0 Å². The Morgan fingerprint density at radius 2 is 2.16 bits per heavy atom. The van der Waals surface area contributed by atoms with Gasteiger partial charge in [0.15, 0.2) is 0 Å². The van der Waals surface area contributed by atoms with Crippen LogP contribution in [0.5, 0.6) is 5.88 Å². The molecule has 0 bridgehead atoms. The standard InChI is InChI=1S/C13H12N2O4/c1-18-11(16)7-6-9-12(19-2)14-10-5-3-4-8-15(10)13(9)17/h3-8H,1-2H3. The Morgan fingerprint density at radius 3 is 2.84 bits per heavy atom. The highest BCUT2D eigenvalue weighted by Gasteiger charge is 2.10. The number of hydrogen-bond donors (Lipinski definition) is 0. The molecule has 19 heavy (non-hydrogen) atoms. The zero-order valence-electron chi connectivity index (χ0n) is 10.5. The maximum absolute atomic E-state index is 12.2. The van der Waals surface area contributed by atoms with Crippen molar-refractivity contribution in [3.8, 4) is 5.88 Å². The smallest absolute Gasteiger partial charge is 0.330 e. The minimum Gasteiger partial charge on any atom is -0.480 e. The summed E-state index contributed by atoms with van der Waals surface area (Å²) in [5.74, 6) is -0.393. The summed E-state index contributed by atoms with van der Waals surface area (Å²) in [4.78, 5) is 27.5. The highest BCUT2D eigenvalue weighted by molar-refractivity contribution is 5.87. The molecule has 2 aromatic rings. The highest BCUT2D eigenvalue weighted by Crippen LogP contribution is 2.14. The van der Waals surface area contributed by atoms with Crippen molar-refractivity contribution >= 4 is 17.7 Å². The zero-order valence-corrected chi connectivity index (χ0v) is 10.5. The van der Waals surface area contributed by atoms with Gasteiger partial charge in [-0.2, -0.15) is 4.98 Å². The van der Waals surface area contributed by atoms with E-state index in [1.807, 2.05) is 0 Å². The third kappa shape index (κ3) is 2.47. The fraction of sp³-hybridized carbons (Fsp3) is 0.154. The van der Waals surface area contributed by atoms with Crippen molar-refractivity contribution < 1.29 is 14.3 Å². The lowest BCUT2D eigenvalue weighted by atomic mass is 10.2. The second-order valence-electron chi connectivity index (χ2n) is 3.63. The van der Waals surface area contributed by atoms with Gasteiger partial charge in [-0.15, -0.1) is 0 Å². The minimum absolute atomic E-state index is 0.163. The van der Waals surface area contributed by atoms with Crippen LogP contribution in [0.1, 0.15) is 5.56 Å². The molecule has 2 aromatic heterocycles.